The highest BCUT2D eigenvalue weighted by molar-refractivity contribution is 5.97. The molecule has 1 heterocycles. The van der Waals surface area contributed by atoms with Gasteiger partial charge in [0.15, 0.2) is 5.82 Å². The zero-order chi connectivity index (χ0) is 12.1. The van der Waals surface area contributed by atoms with Gasteiger partial charge in [0, 0.05) is 25.0 Å². The number of rotatable bonds is 5. The molecule has 0 radical (unpaired) electrons. The molecule has 1 aromatic heterocycles. The number of hydrogen-bond acceptors (Lipinski definition) is 5. The predicted octanol–water partition coefficient (Wildman–Crippen LogP) is -0.0322. The largest absolute Gasteiger partial charge is 0.395 e. The van der Waals surface area contributed by atoms with Gasteiger partial charge in [-0.25, -0.2) is 9.97 Å². The number of anilines is 1. The molecule has 88 valence electrons. The number of aliphatic hydroxyl groups excluding tert-OH is 1. The van der Waals surface area contributed by atoms with E-state index in [1.807, 2.05) is 18.7 Å². The Bertz CT molecular complexity index is 366. The van der Waals surface area contributed by atoms with Crippen LogP contribution in [-0.2, 0) is 0 Å². The lowest BCUT2D eigenvalue weighted by atomic mass is 10.2. The maximum Gasteiger partial charge on any atom is 0.158 e. The van der Waals surface area contributed by atoms with E-state index in [1.165, 1.54) is 6.20 Å². The number of aliphatic hydroxyl groups is 1. The van der Waals surface area contributed by atoms with E-state index in [-0.39, 0.29) is 18.5 Å². The monoisotopic (exact) mass is 223 g/mol. The minimum atomic E-state index is -0.119. The lowest BCUT2D eigenvalue weighted by molar-refractivity contribution is 0.298. The van der Waals surface area contributed by atoms with Gasteiger partial charge in [0.25, 0.3) is 0 Å². The van der Waals surface area contributed by atoms with Crippen LogP contribution in [0.15, 0.2) is 12.4 Å². The molecule has 0 aliphatic heterocycles. The smallest absolute Gasteiger partial charge is 0.158 e. The van der Waals surface area contributed by atoms with Gasteiger partial charge in [-0.3, -0.25) is 5.41 Å². The summed E-state index contributed by atoms with van der Waals surface area (Å²) in [6.45, 7) is 4.42. The molecule has 0 atom stereocenters. The number of amidine groups is 1. The second kappa shape index (κ2) is 5.41. The second-order valence-electron chi connectivity index (χ2n) is 3.65. The van der Waals surface area contributed by atoms with Crippen LogP contribution in [0.1, 0.15) is 19.5 Å². The van der Waals surface area contributed by atoms with Crippen molar-refractivity contribution in [2.45, 2.75) is 19.9 Å². The molecule has 4 N–H and O–H groups in total. The van der Waals surface area contributed by atoms with E-state index in [0.29, 0.717) is 18.1 Å². The van der Waals surface area contributed by atoms with Gasteiger partial charge in [-0.1, -0.05) is 0 Å². The Balaban J connectivity index is 3.12. The SMILES string of the molecule is CC(C)N(CCO)c1nccnc1C(=N)N. The molecule has 16 heavy (non-hydrogen) atoms. The Morgan fingerprint density at radius 3 is 2.62 bits per heavy atom. The summed E-state index contributed by atoms with van der Waals surface area (Å²) in [6, 6.07) is 0.155. The third-order valence-corrected chi connectivity index (χ3v) is 2.17. The molecule has 0 fully saturated rings. The third-order valence-electron chi connectivity index (χ3n) is 2.17. The third kappa shape index (κ3) is 2.66. The van der Waals surface area contributed by atoms with Gasteiger partial charge < -0.3 is 15.7 Å². The summed E-state index contributed by atoms with van der Waals surface area (Å²) in [5.74, 6) is 0.422. The average molecular weight is 223 g/mol. The van der Waals surface area contributed by atoms with E-state index in [4.69, 9.17) is 16.2 Å². The Hall–Kier alpha value is -1.69. The van der Waals surface area contributed by atoms with Crippen molar-refractivity contribution in [1.29, 1.82) is 5.41 Å². The maximum absolute atomic E-state index is 9.00. The van der Waals surface area contributed by atoms with Crippen molar-refractivity contribution < 1.29 is 5.11 Å². The first kappa shape index (κ1) is 12.4. The van der Waals surface area contributed by atoms with Gasteiger partial charge in [-0.15, -0.1) is 0 Å². The first-order chi connectivity index (χ1) is 7.57. The van der Waals surface area contributed by atoms with Crippen molar-refractivity contribution in [3.63, 3.8) is 0 Å². The fraction of sp³-hybridized carbons (Fsp3) is 0.500. The lowest BCUT2D eigenvalue weighted by Gasteiger charge is -2.27. The predicted molar refractivity (Wildman–Crippen MR) is 62.6 cm³/mol. The molecule has 0 aliphatic rings. The van der Waals surface area contributed by atoms with Crippen LogP contribution in [0.25, 0.3) is 0 Å². The summed E-state index contributed by atoms with van der Waals surface area (Å²) in [5, 5.41) is 16.4. The van der Waals surface area contributed by atoms with E-state index < -0.39 is 0 Å². The highest BCUT2D eigenvalue weighted by Crippen LogP contribution is 2.16. The molecule has 0 spiro atoms. The van der Waals surface area contributed by atoms with Crippen molar-refractivity contribution >= 4 is 11.7 Å². The van der Waals surface area contributed by atoms with Gasteiger partial charge in [0.1, 0.15) is 11.5 Å². The fourth-order valence-electron chi connectivity index (χ4n) is 1.45. The number of hydrogen-bond donors (Lipinski definition) is 3. The van der Waals surface area contributed by atoms with Crippen LogP contribution in [0.4, 0.5) is 5.82 Å². The van der Waals surface area contributed by atoms with Gasteiger partial charge in [0.2, 0.25) is 0 Å². The average Bonchev–Trinajstić information content (AvgIpc) is 2.25. The highest BCUT2D eigenvalue weighted by atomic mass is 16.3. The van der Waals surface area contributed by atoms with Crippen molar-refractivity contribution in [3.8, 4) is 0 Å². The zero-order valence-corrected chi connectivity index (χ0v) is 9.51. The number of nitrogen functional groups attached to an aromatic ring is 1. The van der Waals surface area contributed by atoms with E-state index in [0.717, 1.165) is 0 Å². The molecule has 0 saturated carbocycles. The first-order valence-electron chi connectivity index (χ1n) is 5.10. The summed E-state index contributed by atoms with van der Waals surface area (Å²) in [5.41, 5.74) is 5.79. The van der Waals surface area contributed by atoms with Crippen LogP contribution in [0.5, 0.6) is 0 Å². The molecule has 6 nitrogen and oxygen atoms in total. The minimum absolute atomic E-state index is 0.0199. The number of nitrogens with two attached hydrogens (primary N) is 1. The maximum atomic E-state index is 9.00. The fourth-order valence-corrected chi connectivity index (χ4v) is 1.45. The summed E-state index contributed by atoms with van der Waals surface area (Å²) in [6.07, 6.45) is 3.05. The zero-order valence-electron chi connectivity index (χ0n) is 9.51. The first-order valence-corrected chi connectivity index (χ1v) is 5.10. The lowest BCUT2D eigenvalue weighted by Crippen LogP contribution is -2.36. The number of nitrogens with one attached hydrogen (secondary N) is 1. The molecule has 1 rings (SSSR count). The van der Waals surface area contributed by atoms with E-state index in [1.54, 1.807) is 6.20 Å². The molecular weight excluding hydrogens is 206 g/mol. The van der Waals surface area contributed by atoms with Crippen LogP contribution < -0.4 is 10.6 Å². The Kier molecular flexibility index (Phi) is 4.19. The normalized spacial score (nSPS) is 10.5. The molecule has 0 bridgehead atoms. The second-order valence-corrected chi connectivity index (χ2v) is 3.65. The molecule has 0 saturated heterocycles. The Morgan fingerprint density at radius 1 is 1.50 bits per heavy atom. The molecular formula is C10H17N5O. The molecule has 0 amide bonds. The Labute approximate surface area is 94.6 Å². The van der Waals surface area contributed by atoms with Crippen LogP contribution in [0, 0.1) is 5.41 Å². The van der Waals surface area contributed by atoms with E-state index in [2.05, 4.69) is 9.97 Å². The van der Waals surface area contributed by atoms with Crippen LogP contribution in [0.3, 0.4) is 0 Å². The van der Waals surface area contributed by atoms with Crippen molar-refractivity contribution in [1.82, 2.24) is 9.97 Å². The molecule has 0 unspecified atom stereocenters. The van der Waals surface area contributed by atoms with Crippen LogP contribution in [0.2, 0.25) is 0 Å². The van der Waals surface area contributed by atoms with Crippen LogP contribution in [-0.4, -0.2) is 40.1 Å². The number of nitrogens with zero attached hydrogens (tertiary/aromatic N) is 3. The minimum Gasteiger partial charge on any atom is -0.395 e. The topological polar surface area (TPSA) is 99.1 Å². The van der Waals surface area contributed by atoms with Crippen LogP contribution >= 0.6 is 0 Å². The van der Waals surface area contributed by atoms with Crippen molar-refractivity contribution in [2.75, 3.05) is 18.1 Å². The quantitative estimate of drug-likeness (QED) is 0.481. The molecule has 0 aliphatic carbocycles. The summed E-state index contributed by atoms with van der Waals surface area (Å²) in [7, 11) is 0. The Morgan fingerprint density at radius 2 is 2.12 bits per heavy atom. The van der Waals surface area contributed by atoms with E-state index >= 15 is 0 Å². The summed E-state index contributed by atoms with van der Waals surface area (Å²) < 4.78 is 0. The van der Waals surface area contributed by atoms with E-state index in [9.17, 15) is 0 Å². The van der Waals surface area contributed by atoms with Gasteiger partial charge in [-0.05, 0) is 13.8 Å². The standard InChI is InChI=1S/C10H17N5O/c1-7(2)15(5-6-16)10-8(9(11)12)13-3-4-14-10/h3-4,7,16H,5-6H2,1-2H3,(H3,11,12). The van der Waals surface area contributed by atoms with Gasteiger partial charge >= 0.3 is 0 Å². The number of aromatic nitrogens is 2. The molecule has 0 aromatic carbocycles. The van der Waals surface area contributed by atoms with Crippen molar-refractivity contribution in [2.24, 2.45) is 5.73 Å². The highest BCUT2D eigenvalue weighted by Gasteiger charge is 2.17. The van der Waals surface area contributed by atoms with Gasteiger partial charge in [0.05, 0.1) is 6.61 Å². The van der Waals surface area contributed by atoms with Gasteiger partial charge in [-0.2, -0.15) is 0 Å². The molecule has 1 aromatic rings. The summed E-state index contributed by atoms with van der Waals surface area (Å²) in [4.78, 5) is 10.1. The van der Waals surface area contributed by atoms with Crippen molar-refractivity contribution in [3.05, 3.63) is 18.1 Å². The molecule has 6 heteroatoms. The summed E-state index contributed by atoms with van der Waals surface area (Å²) >= 11 is 0.